The van der Waals surface area contributed by atoms with Crippen LogP contribution in [0.2, 0.25) is 0 Å². The van der Waals surface area contributed by atoms with E-state index in [-0.39, 0.29) is 25.3 Å². The van der Waals surface area contributed by atoms with E-state index in [0.29, 0.717) is 17.8 Å². The Bertz CT molecular complexity index is 1080. The number of morpholine rings is 1. The Morgan fingerprint density at radius 2 is 2.10 bits per heavy atom. The fourth-order valence-electron chi connectivity index (χ4n) is 3.60. The molecule has 1 aromatic carbocycles. The van der Waals surface area contributed by atoms with Crippen molar-refractivity contribution < 1.29 is 22.8 Å². The van der Waals surface area contributed by atoms with Gasteiger partial charge in [0.2, 0.25) is 0 Å². The topological polar surface area (TPSA) is 68.5 Å². The largest absolute Gasteiger partial charge is 0.368 e. The molecule has 1 atom stereocenters. The van der Waals surface area contributed by atoms with E-state index in [2.05, 4.69) is 5.16 Å². The number of aryl methyl sites for hydroxylation is 2. The number of hydrogen-bond acceptors (Lipinski definition) is 5. The third-order valence-corrected chi connectivity index (χ3v) is 5.12. The number of rotatable bonds is 4. The Hall–Kier alpha value is -3.13. The predicted molar refractivity (Wildman–Crippen MR) is 105 cm³/mol. The maximum absolute atomic E-state index is 14.0. The number of pyridine rings is 1. The SMILES string of the molecule is CCc1onc(C)c1-c1cccc([C@@H]2CN(C(=O)c3cc(F)ccc3F)CCO2)n1. The van der Waals surface area contributed by atoms with Gasteiger partial charge in [0.05, 0.1) is 41.4 Å². The average Bonchev–Trinajstić information content (AvgIpc) is 3.15. The molecule has 3 aromatic rings. The van der Waals surface area contributed by atoms with E-state index in [0.717, 1.165) is 35.2 Å². The first-order valence-corrected chi connectivity index (χ1v) is 9.76. The number of carbonyl (C=O) groups excluding carboxylic acids is 1. The lowest BCUT2D eigenvalue weighted by atomic mass is 10.1. The molecule has 1 amide bonds. The minimum Gasteiger partial charge on any atom is -0.368 e. The predicted octanol–water partition coefficient (Wildman–Crippen LogP) is 4.10. The normalized spacial score (nSPS) is 16.7. The minimum absolute atomic E-state index is 0.189. The van der Waals surface area contributed by atoms with Crippen molar-refractivity contribution in [3.63, 3.8) is 0 Å². The summed E-state index contributed by atoms with van der Waals surface area (Å²) in [5.41, 5.74) is 2.67. The zero-order chi connectivity index (χ0) is 21.3. The summed E-state index contributed by atoms with van der Waals surface area (Å²) >= 11 is 0. The van der Waals surface area contributed by atoms with Gasteiger partial charge in [-0.3, -0.25) is 4.79 Å². The van der Waals surface area contributed by atoms with Crippen molar-refractivity contribution in [1.29, 1.82) is 0 Å². The minimum atomic E-state index is -0.750. The second-order valence-electron chi connectivity index (χ2n) is 7.10. The summed E-state index contributed by atoms with van der Waals surface area (Å²) in [6.45, 7) is 4.58. The Balaban J connectivity index is 1.59. The molecule has 3 heterocycles. The van der Waals surface area contributed by atoms with Gasteiger partial charge in [0.1, 0.15) is 23.5 Å². The highest BCUT2D eigenvalue weighted by atomic mass is 19.1. The maximum Gasteiger partial charge on any atom is 0.257 e. The van der Waals surface area contributed by atoms with Crippen molar-refractivity contribution in [3.05, 3.63) is 70.7 Å². The van der Waals surface area contributed by atoms with Gasteiger partial charge in [-0.25, -0.2) is 13.8 Å². The molecule has 0 spiro atoms. The molecular weight excluding hydrogens is 392 g/mol. The van der Waals surface area contributed by atoms with Gasteiger partial charge in [-0.05, 0) is 37.3 Å². The molecule has 156 valence electrons. The van der Waals surface area contributed by atoms with Crippen molar-refractivity contribution in [2.45, 2.75) is 26.4 Å². The van der Waals surface area contributed by atoms with Crippen LogP contribution in [-0.2, 0) is 11.2 Å². The van der Waals surface area contributed by atoms with Gasteiger partial charge < -0.3 is 14.2 Å². The van der Waals surface area contributed by atoms with Crippen LogP contribution in [0.5, 0.6) is 0 Å². The molecule has 0 unspecified atom stereocenters. The molecule has 0 aliphatic carbocycles. The lowest BCUT2D eigenvalue weighted by Crippen LogP contribution is -2.42. The van der Waals surface area contributed by atoms with Crippen molar-refractivity contribution in [3.8, 4) is 11.3 Å². The summed E-state index contributed by atoms with van der Waals surface area (Å²) in [7, 11) is 0. The van der Waals surface area contributed by atoms with E-state index in [9.17, 15) is 13.6 Å². The summed E-state index contributed by atoms with van der Waals surface area (Å²) in [5, 5.41) is 4.02. The van der Waals surface area contributed by atoms with Gasteiger partial charge in [-0.2, -0.15) is 0 Å². The van der Waals surface area contributed by atoms with Crippen LogP contribution in [0.3, 0.4) is 0 Å². The highest BCUT2D eigenvalue weighted by molar-refractivity contribution is 5.94. The van der Waals surface area contributed by atoms with Crippen LogP contribution < -0.4 is 0 Å². The molecular formula is C22H21F2N3O3. The molecule has 2 aromatic heterocycles. The first-order chi connectivity index (χ1) is 14.5. The lowest BCUT2D eigenvalue weighted by molar-refractivity contribution is -0.0248. The van der Waals surface area contributed by atoms with Crippen LogP contribution >= 0.6 is 0 Å². The number of halogens is 2. The van der Waals surface area contributed by atoms with Gasteiger partial charge in [0.25, 0.3) is 5.91 Å². The molecule has 0 bridgehead atoms. The number of hydrogen-bond donors (Lipinski definition) is 0. The van der Waals surface area contributed by atoms with Crippen LogP contribution in [0, 0.1) is 18.6 Å². The smallest absolute Gasteiger partial charge is 0.257 e. The van der Waals surface area contributed by atoms with Crippen molar-refractivity contribution in [1.82, 2.24) is 15.0 Å². The summed E-state index contributed by atoms with van der Waals surface area (Å²) in [6.07, 6.45) is 0.202. The molecule has 0 radical (unpaired) electrons. The Morgan fingerprint density at radius 1 is 1.27 bits per heavy atom. The third kappa shape index (κ3) is 3.82. The molecule has 8 heteroatoms. The van der Waals surface area contributed by atoms with Crippen molar-refractivity contribution >= 4 is 5.91 Å². The molecule has 1 aliphatic heterocycles. The van der Waals surface area contributed by atoms with Crippen LogP contribution in [0.4, 0.5) is 8.78 Å². The number of amides is 1. The lowest BCUT2D eigenvalue weighted by Gasteiger charge is -2.33. The summed E-state index contributed by atoms with van der Waals surface area (Å²) < 4.78 is 38.7. The Labute approximate surface area is 172 Å². The van der Waals surface area contributed by atoms with Crippen molar-refractivity contribution in [2.75, 3.05) is 19.7 Å². The van der Waals surface area contributed by atoms with Crippen LogP contribution in [0.15, 0.2) is 40.9 Å². The van der Waals surface area contributed by atoms with Gasteiger partial charge in [-0.1, -0.05) is 18.1 Å². The second-order valence-corrected chi connectivity index (χ2v) is 7.10. The molecule has 1 fully saturated rings. The van der Waals surface area contributed by atoms with Crippen LogP contribution in [-0.4, -0.2) is 40.6 Å². The van der Waals surface area contributed by atoms with Crippen molar-refractivity contribution in [2.24, 2.45) is 0 Å². The maximum atomic E-state index is 14.0. The number of benzene rings is 1. The summed E-state index contributed by atoms with van der Waals surface area (Å²) in [5.74, 6) is -1.23. The summed E-state index contributed by atoms with van der Waals surface area (Å²) in [4.78, 5) is 18.9. The first kappa shape index (κ1) is 20.2. The number of ether oxygens (including phenoxy) is 1. The first-order valence-electron chi connectivity index (χ1n) is 9.76. The highest BCUT2D eigenvalue weighted by Gasteiger charge is 2.29. The van der Waals surface area contributed by atoms with E-state index in [1.807, 2.05) is 32.0 Å². The van der Waals surface area contributed by atoms with Gasteiger partial charge >= 0.3 is 0 Å². The van der Waals surface area contributed by atoms with E-state index >= 15 is 0 Å². The third-order valence-electron chi connectivity index (χ3n) is 5.12. The molecule has 30 heavy (non-hydrogen) atoms. The molecule has 0 N–H and O–H groups in total. The summed E-state index contributed by atoms with van der Waals surface area (Å²) in [6, 6.07) is 8.41. The average molecular weight is 413 g/mol. The number of aromatic nitrogens is 2. The van der Waals surface area contributed by atoms with E-state index < -0.39 is 23.6 Å². The second kappa shape index (κ2) is 8.31. The van der Waals surface area contributed by atoms with Crippen LogP contribution in [0.25, 0.3) is 11.3 Å². The van der Waals surface area contributed by atoms with E-state index in [4.69, 9.17) is 14.2 Å². The molecule has 0 saturated carbocycles. The fraction of sp³-hybridized carbons (Fsp3) is 0.318. The molecule has 1 aliphatic rings. The fourth-order valence-corrected chi connectivity index (χ4v) is 3.60. The van der Waals surface area contributed by atoms with Gasteiger partial charge in [-0.15, -0.1) is 0 Å². The Morgan fingerprint density at radius 3 is 2.90 bits per heavy atom. The molecule has 1 saturated heterocycles. The zero-order valence-corrected chi connectivity index (χ0v) is 16.7. The molecule has 6 nitrogen and oxygen atoms in total. The zero-order valence-electron chi connectivity index (χ0n) is 16.7. The highest BCUT2D eigenvalue weighted by Crippen LogP contribution is 2.29. The van der Waals surface area contributed by atoms with E-state index in [1.165, 1.54) is 4.90 Å². The van der Waals surface area contributed by atoms with Crippen LogP contribution in [0.1, 0.15) is 40.5 Å². The van der Waals surface area contributed by atoms with E-state index in [1.54, 1.807) is 0 Å². The number of nitrogens with zero attached hydrogens (tertiary/aromatic N) is 3. The Kier molecular flexibility index (Phi) is 5.59. The monoisotopic (exact) mass is 413 g/mol. The van der Waals surface area contributed by atoms with Gasteiger partial charge in [0, 0.05) is 13.0 Å². The number of carbonyl (C=O) groups is 1. The molecule has 4 rings (SSSR count). The van der Waals surface area contributed by atoms with Gasteiger partial charge in [0.15, 0.2) is 0 Å². The quantitative estimate of drug-likeness (QED) is 0.644. The standard InChI is InChI=1S/C22H21F2N3O3/c1-3-19-21(13(2)26-30-19)18-6-4-5-17(25-18)20-12-27(9-10-29-20)22(28)15-11-14(23)7-8-16(15)24/h4-8,11,20H,3,9-10,12H2,1-2H3/t20-/m0/s1.